The molecule has 0 N–H and O–H groups in total. The van der Waals surface area contributed by atoms with Crippen molar-refractivity contribution in [1.29, 1.82) is 10.5 Å². The van der Waals surface area contributed by atoms with Gasteiger partial charge >= 0.3 is 0 Å². The van der Waals surface area contributed by atoms with Gasteiger partial charge < -0.3 is 0 Å². The van der Waals surface area contributed by atoms with Crippen molar-refractivity contribution in [2.75, 3.05) is 0 Å². The number of fused-ring (bicyclic) bond motifs is 1. The summed E-state index contributed by atoms with van der Waals surface area (Å²) in [5.74, 6) is -0.370. The first-order valence-corrected chi connectivity index (χ1v) is 11.4. The summed E-state index contributed by atoms with van der Waals surface area (Å²) in [5, 5.41) is 19.1. The molecule has 1 aromatic heterocycles. The summed E-state index contributed by atoms with van der Waals surface area (Å²) in [7, 11) is -3.94. The summed E-state index contributed by atoms with van der Waals surface area (Å²) in [6, 6.07) is 20.2. The van der Waals surface area contributed by atoms with Crippen molar-refractivity contribution in [3.05, 3.63) is 82.5 Å². The van der Waals surface area contributed by atoms with E-state index >= 15 is 0 Å². The molecule has 2 aromatic carbocycles. The van der Waals surface area contributed by atoms with Crippen LogP contribution in [0.2, 0.25) is 0 Å². The second-order valence-corrected chi connectivity index (χ2v) is 9.21. The minimum atomic E-state index is -3.94. The van der Waals surface area contributed by atoms with Crippen molar-refractivity contribution in [2.24, 2.45) is 0 Å². The van der Waals surface area contributed by atoms with Gasteiger partial charge in [-0.3, -0.25) is 0 Å². The van der Waals surface area contributed by atoms with E-state index in [0.717, 1.165) is 36.1 Å². The van der Waals surface area contributed by atoms with Gasteiger partial charge in [-0.25, -0.2) is 13.4 Å². The van der Waals surface area contributed by atoms with E-state index in [1.54, 1.807) is 24.3 Å². The second-order valence-electron chi connectivity index (χ2n) is 7.31. The fourth-order valence-electron chi connectivity index (χ4n) is 4.00. The summed E-state index contributed by atoms with van der Waals surface area (Å²) in [6.07, 6.45) is 3.40. The van der Waals surface area contributed by atoms with Crippen LogP contribution in [0.15, 0.2) is 59.6 Å². The van der Waals surface area contributed by atoms with Crippen molar-refractivity contribution in [3.63, 3.8) is 0 Å². The molecule has 0 unspecified atom stereocenters. The van der Waals surface area contributed by atoms with Gasteiger partial charge in [-0.05, 0) is 48.4 Å². The summed E-state index contributed by atoms with van der Waals surface area (Å²) in [5.41, 5.74) is 4.03. The van der Waals surface area contributed by atoms with Crippen molar-refractivity contribution < 1.29 is 8.42 Å². The van der Waals surface area contributed by atoms with Gasteiger partial charge in [0.15, 0.2) is 5.03 Å². The van der Waals surface area contributed by atoms with Crippen LogP contribution in [0, 0.1) is 22.7 Å². The number of hydrogen-bond donors (Lipinski definition) is 0. The second kappa shape index (κ2) is 8.10. The maximum Gasteiger partial charge on any atom is 0.201 e. The van der Waals surface area contributed by atoms with E-state index in [4.69, 9.17) is 0 Å². The number of benzene rings is 2. The lowest BCUT2D eigenvalue weighted by atomic mass is 9.87. The van der Waals surface area contributed by atoms with E-state index in [0.29, 0.717) is 23.1 Å². The first kappa shape index (κ1) is 19.8. The van der Waals surface area contributed by atoms with E-state index in [1.807, 2.05) is 36.4 Å². The van der Waals surface area contributed by atoms with Gasteiger partial charge in [0.05, 0.1) is 22.9 Å². The van der Waals surface area contributed by atoms with Crippen LogP contribution in [-0.2, 0) is 28.4 Å². The maximum absolute atomic E-state index is 13.4. The van der Waals surface area contributed by atoms with Crippen molar-refractivity contribution in [2.45, 2.75) is 36.5 Å². The lowest BCUT2D eigenvalue weighted by molar-refractivity contribution is 0.587. The normalized spacial score (nSPS) is 13.1. The van der Waals surface area contributed by atoms with E-state index in [9.17, 15) is 18.9 Å². The Bertz CT molecular complexity index is 1300. The van der Waals surface area contributed by atoms with Crippen molar-refractivity contribution in [3.8, 4) is 23.3 Å². The number of sulfone groups is 1. The number of nitrogens with zero attached hydrogens (tertiary/aromatic N) is 3. The number of pyridine rings is 1. The third-order valence-corrected chi connectivity index (χ3v) is 6.97. The van der Waals surface area contributed by atoms with Crippen molar-refractivity contribution in [1.82, 2.24) is 4.98 Å². The average molecular weight is 414 g/mol. The number of aryl methyl sites for hydroxylation is 1. The summed E-state index contributed by atoms with van der Waals surface area (Å²) < 4.78 is 26.8. The fourth-order valence-corrected chi connectivity index (χ4v) is 5.50. The number of hydrogen-bond acceptors (Lipinski definition) is 5. The Hall–Kier alpha value is -3.48. The van der Waals surface area contributed by atoms with Crippen LogP contribution < -0.4 is 0 Å². The molecule has 0 atom stereocenters. The van der Waals surface area contributed by atoms with Gasteiger partial charge in [0.25, 0.3) is 0 Å². The van der Waals surface area contributed by atoms with E-state index in [-0.39, 0.29) is 16.3 Å². The molecule has 5 nitrogen and oxygen atoms in total. The van der Waals surface area contributed by atoms with Gasteiger partial charge in [-0.15, -0.1) is 0 Å². The molecule has 1 heterocycles. The molecule has 0 amide bonds. The van der Waals surface area contributed by atoms with Crippen LogP contribution >= 0.6 is 0 Å². The lowest BCUT2D eigenvalue weighted by Crippen LogP contribution is -2.17. The molecular weight excluding hydrogens is 394 g/mol. The maximum atomic E-state index is 13.4. The molecule has 0 bridgehead atoms. The summed E-state index contributed by atoms with van der Waals surface area (Å²) in [6.45, 7) is 0. The predicted molar refractivity (Wildman–Crippen MR) is 113 cm³/mol. The molecule has 30 heavy (non-hydrogen) atoms. The summed E-state index contributed by atoms with van der Waals surface area (Å²) in [4.78, 5) is 4.50. The Balaban J connectivity index is 1.94. The highest BCUT2D eigenvalue weighted by Gasteiger charge is 2.29. The molecule has 0 saturated heterocycles. The minimum absolute atomic E-state index is 0.0938. The Morgan fingerprint density at radius 2 is 1.60 bits per heavy atom. The van der Waals surface area contributed by atoms with Crippen LogP contribution in [0.4, 0.5) is 0 Å². The van der Waals surface area contributed by atoms with Crippen LogP contribution in [0.25, 0.3) is 11.1 Å². The lowest BCUT2D eigenvalue weighted by Gasteiger charge is -2.22. The fraction of sp³-hybridized carbons (Fsp3) is 0.208. The highest BCUT2D eigenvalue weighted by Crippen LogP contribution is 2.37. The smallest absolute Gasteiger partial charge is 0.201 e. The molecule has 0 aliphatic heterocycles. The number of aromatic nitrogens is 1. The van der Waals surface area contributed by atoms with Gasteiger partial charge in [0.1, 0.15) is 6.07 Å². The van der Waals surface area contributed by atoms with Crippen LogP contribution in [-0.4, -0.2) is 13.4 Å². The zero-order valence-electron chi connectivity index (χ0n) is 16.3. The molecular formula is C24H19N3O2S. The first-order valence-electron chi connectivity index (χ1n) is 9.77. The quantitative estimate of drug-likeness (QED) is 0.634. The molecule has 1 aliphatic carbocycles. The SMILES string of the molecule is N#Cc1ccccc1CS(=O)(=O)c1nc2c(c(-c3ccccc3)c1C#N)CCCC2. The third-order valence-electron chi connectivity index (χ3n) is 5.39. The Kier molecular flexibility index (Phi) is 5.35. The van der Waals surface area contributed by atoms with Gasteiger partial charge in [-0.2, -0.15) is 10.5 Å². The number of rotatable bonds is 4. The van der Waals surface area contributed by atoms with E-state index in [1.165, 1.54) is 0 Å². The highest BCUT2D eigenvalue weighted by molar-refractivity contribution is 7.90. The average Bonchev–Trinajstić information content (AvgIpc) is 2.78. The topological polar surface area (TPSA) is 94.6 Å². The molecule has 0 radical (unpaired) electrons. The number of nitriles is 2. The van der Waals surface area contributed by atoms with E-state index < -0.39 is 9.84 Å². The Morgan fingerprint density at radius 1 is 0.900 bits per heavy atom. The Labute approximate surface area is 176 Å². The highest BCUT2D eigenvalue weighted by atomic mass is 32.2. The van der Waals surface area contributed by atoms with Crippen molar-refractivity contribution >= 4 is 9.84 Å². The molecule has 0 saturated carbocycles. The molecule has 1 aliphatic rings. The molecule has 6 heteroatoms. The van der Waals surface area contributed by atoms with Gasteiger partial charge in [0, 0.05) is 11.3 Å². The van der Waals surface area contributed by atoms with E-state index in [2.05, 4.69) is 11.1 Å². The largest absolute Gasteiger partial charge is 0.240 e. The minimum Gasteiger partial charge on any atom is -0.240 e. The zero-order chi connectivity index (χ0) is 21.1. The monoisotopic (exact) mass is 413 g/mol. The molecule has 0 fully saturated rings. The molecule has 4 rings (SSSR count). The zero-order valence-corrected chi connectivity index (χ0v) is 17.1. The molecule has 0 spiro atoms. The van der Waals surface area contributed by atoms with Gasteiger partial charge in [-0.1, -0.05) is 48.5 Å². The standard InChI is InChI=1S/C24H19N3O2S/c25-14-18-10-4-5-11-19(18)16-30(28,29)24-21(15-26)23(17-8-2-1-3-9-17)20-12-6-7-13-22(20)27-24/h1-5,8-11H,6-7,12-13,16H2. The molecule has 3 aromatic rings. The Morgan fingerprint density at radius 3 is 2.33 bits per heavy atom. The van der Waals surface area contributed by atoms with Gasteiger partial charge in [0.2, 0.25) is 9.84 Å². The predicted octanol–water partition coefficient (Wildman–Crippen LogP) is 4.34. The van der Waals surface area contributed by atoms with Crippen LogP contribution in [0.5, 0.6) is 0 Å². The van der Waals surface area contributed by atoms with Crippen LogP contribution in [0.1, 0.15) is 40.8 Å². The first-order chi connectivity index (χ1) is 14.5. The molecule has 148 valence electrons. The third kappa shape index (κ3) is 3.58. The van der Waals surface area contributed by atoms with Crippen LogP contribution in [0.3, 0.4) is 0 Å². The summed E-state index contributed by atoms with van der Waals surface area (Å²) >= 11 is 0.